The summed E-state index contributed by atoms with van der Waals surface area (Å²) in [4.78, 5) is 0. The van der Waals surface area contributed by atoms with Gasteiger partial charge in [0.1, 0.15) is 0 Å². The molecule has 0 aromatic carbocycles. The fraction of sp³-hybridized carbons (Fsp3) is 0.556. The molecule has 0 aliphatic heterocycles. The van der Waals surface area contributed by atoms with Gasteiger partial charge in [-0.05, 0) is 31.0 Å². The van der Waals surface area contributed by atoms with Crippen LogP contribution in [0.1, 0.15) is 13.3 Å². The third kappa shape index (κ3) is 3.98. The third-order valence-corrected chi connectivity index (χ3v) is 3.05. The predicted octanol–water partition coefficient (Wildman–Crippen LogP) is 2.80. The molecule has 3 N–H and O–H groups in total. The minimum absolute atomic E-state index is 0.617. The first-order valence-corrected chi connectivity index (χ1v) is 5.61. The molecule has 0 saturated heterocycles. The van der Waals surface area contributed by atoms with Crippen molar-refractivity contribution in [3.8, 4) is 0 Å². The predicted molar refractivity (Wildman–Crippen MR) is 60.7 cm³/mol. The average Bonchev–Trinajstić information content (AvgIpc) is 2.49. The van der Waals surface area contributed by atoms with Crippen molar-refractivity contribution in [1.82, 2.24) is 0 Å². The molecule has 0 spiro atoms. The summed E-state index contributed by atoms with van der Waals surface area (Å²) in [6, 6.07) is 3.91. The van der Waals surface area contributed by atoms with Crippen molar-refractivity contribution >= 4 is 27.9 Å². The first-order valence-electron chi connectivity index (χ1n) is 4.41. The van der Waals surface area contributed by atoms with E-state index < -0.39 is 0 Å². The molecule has 2 nitrogen and oxygen atoms in total. The summed E-state index contributed by atoms with van der Waals surface area (Å²) >= 11 is 7.37. The summed E-state index contributed by atoms with van der Waals surface area (Å²) in [7, 11) is 0. The molecule has 0 amide bonds. The second-order valence-electron chi connectivity index (χ2n) is 3.17. The molecule has 1 aromatic rings. The lowest BCUT2D eigenvalue weighted by molar-refractivity contribution is 0.569. The Morgan fingerprint density at radius 1 is 1.62 bits per heavy atom. The van der Waals surface area contributed by atoms with Gasteiger partial charge >= 0.3 is 0 Å². The highest BCUT2D eigenvalue weighted by Crippen LogP contribution is 2.26. The van der Waals surface area contributed by atoms with Crippen molar-refractivity contribution in [3.05, 3.63) is 16.5 Å². The number of halogens is 1. The molecule has 0 aliphatic carbocycles. The van der Waals surface area contributed by atoms with E-state index in [-0.39, 0.29) is 0 Å². The van der Waals surface area contributed by atoms with E-state index in [1.54, 1.807) is 11.3 Å². The van der Waals surface area contributed by atoms with Gasteiger partial charge in [0.05, 0.1) is 9.34 Å². The number of thiophene rings is 1. The van der Waals surface area contributed by atoms with Gasteiger partial charge in [0.2, 0.25) is 0 Å². The van der Waals surface area contributed by atoms with Crippen LogP contribution in [-0.2, 0) is 0 Å². The van der Waals surface area contributed by atoms with Crippen LogP contribution in [0.15, 0.2) is 12.1 Å². The minimum Gasteiger partial charge on any atom is -0.377 e. The SMILES string of the molecule is CC(CCN)CNc1ccc(Cl)s1. The molecule has 1 unspecified atom stereocenters. The second kappa shape index (κ2) is 5.47. The maximum absolute atomic E-state index is 5.80. The molecular formula is C9H15ClN2S. The number of hydrogen-bond acceptors (Lipinski definition) is 3. The summed E-state index contributed by atoms with van der Waals surface area (Å²) in [6.07, 6.45) is 1.06. The van der Waals surface area contributed by atoms with Crippen LogP contribution in [0.2, 0.25) is 4.34 Å². The molecule has 0 fully saturated rings. The van der Waals surface area contributed by atoms with E-state index in [1.165, 1.54) is 0 Å². The Kier molecular flexibility index (Phi) is 4.56. The zero-order valence-corrected chi connectivity index (χ0v) is 9.29. The smallest absolute Gasteiger partial charge is 0.0950 e. The highest BCUT2D eigenvalue weighted by atomic mass is 35.5. The van der Waals surface area contributed by atoms with Crippen LogP contribution >= 0.6 is 22.9 Å². The Morgan fingerprint density at radius 2 is 2.38 bits per heavy atom. The van der Waals surface area contributed by atoms with E-state index >= 15 is 0 Å². The summed E-state index contributed by atoms with van der Waals surface area (Å²) in [6.45, 7) is 3.91. The lowest BCUT2D eigenvalue weighted by Gasteiger charge is -2.10. The Hall–Kier alpha value is -0.250. The van der Waals surface area contributed by atoms with E-state index in [9.17, 15) is 0 Å². The van der Waals surface area contributed by atoms with Gasteiger partial charge in [0, 0.05) is 6.54 Å². The van der Waals surface area contributed by atoms with E-state index in [0.29, 0.717) is 5.92 Å². The molecule has 0 saturated carbocycles. The molecule has 1 rings (SSSR count). The quantitative estimate of drug-likeness (QED) is 0.798. The van der Waals surface area contributed by atoms with Crippen molar-refractivity contribution in [1.29, 1.82) is 0 Å². The van der Waals surface area contributed by atoms with Crippen LogP contribution in [0.25, 0.3) is 0 Å². The van der Waals surface area contributed by atoms with Crippen LogP contribution in [0.5, 0.6) is 0 Å². The van der Waals surface area contributed by atoms with Gasteiger partial charge in [-0.25, -0.2) is 0 Å². The lowest BCUT2D eigenvalue weighted by Crippen LogP contribution is -2.14. The Bertz CT molecular complexity index is 250. The van der Waals surface area contributed by atoms with Crippen molar-refractivity contribution in [2.45, 2.75) is 13.3 Å². The molecule has 74 valence electrons. The third-order valence-electron chi connectivity index (χ3n) is 1.86. The lowest BCUT2D eigenvalue weighted by atomic mass is 10.1. The Balaban J connectivity index is 2.26. The van der Waals surface area contributed by atoms with Gasteiger partial charge in [0.25, 0.3) is 0 Å². The fourth-order valence-electron chi connectivity index (χ4n) is 1.07. The maximum atomic E-state index is 5.80. The van der Waals surface area contributed by atoms with Gasteiger partial charge in [0.15, 0.2) is 0 Å². The van der Waals surface area contributed by atoms with Crippen molar-refractivity contribution in [2.24, 2.45) is 11.7 Å². The van der Waals surface area contributed by atoms with Crippen LogP contribution in [0.3, 0.4) is 0 Å². The molecule has 1 aromatic heterocycles. The van der Waals surface area contributed by atoms with E-state index in [2.05, 4.69) is 12.2 Å². The van der Waals surface area contributed by atoms with Gasteiger partial charge in [-0.1, -0.05) is 18.5 Å². The summed E-state index contributed by atoms with van der Waals surface area (Å²) in [5.41, 5.74) is 5.46. The number of nitrogens with one attached hydrogen (secondary N) is 1. The van der Waals surface area contributed by atoms with E-state index in [4.69, 9.17) is 17.3 Å². The summed E-state index contributed by atoms with van der Waals surface area (Å²) in [5, 5.41) is 4.46. The molecule has 1 atom stereocenters. The molecule has 4 heteroatoms. The van der Waals surface area contributed by atoms with E-state index in [0.717, 1.165) is 28.8 Å². The zero-order chi connectivity index (χ0) is 9.68. The van der Waals surface area contributed by atoms with Crippen molar-refractivity contribution in [3.63, 3.8) is 0 Å². The zero-order valence-electron chi connectivity index (χ0n) is 7.72. The first-order chi connectivity index (χ1) is 6.22. The van der Waals surface area contributed by atoms with Crippen molar-refractivity contribution in [2.75, 3.05) is 18.4 Å². The maximum Gasteiger partial charge on any atom is 0.0950 e. The molecule has 0 bridgehead atoms. The van der Waals surface area contributed by atoms with Crippen molar-refractivity contribution < 1.29 is 0 Å². The topological polar surface area (TPSA) is 38.0 Å². The van der Waals surface area contributed by atoms with Crippen LogP contribution < -0.4 is 11.1 Å². The molecule has 0 radical (unpaired) electrons. The van der Waals surface area contributed by atoms with Gasteiger partial charge in [-0.15, -0.1) is 11.3 Å². The van der Waals surface area contributed by atoms with Gasteiger partial charge in [-0.3, -0.25) is 0 Å². The Labute approximate surface area is 88.1 Å². The summed E-state index contributed by atoms with van der Waals surface area (Å²) < 4.78 is 0.828. The van der Waals surface area contributed by atoms with Crippen LogP contribution in [0, 0.1) is 5.92 Å². The highest BCUT2D eigenvalue weighted by molar-refractivity contribution is 7.19. The molecular weight excluding hydrogens is 204 g/mol. The average molecular weight is 219 g/mol. The first kappa shape index (κ1) is 10.8. The number of rotatable bonds is 5. The van der Waals surface area contributed by atoms with Crippen LogP contribution in [0.4, 0.5) is 5.00 Å². The second-order valence-corrected chi connectivity index (χ2v) is 4.88. The summed E-state index contributed by atoms with van der Waals surface area (Å²) in [5.74, 6) is 0.617. The monoisotopic (exact) mass is 218 g/mol. The molecule has 0 aliphatic rings. The standard InChI is InChI=1S/C9H15ClN2S/c1-7(4-5-11)6-12-9-3-2-8(10)13-9/h2-3,7,12H,4-6,11H2,1H3. The van der Waals surface area contributed by atoms with Gasteiger partial charge < -0.3 is 11.1 Å². The number of anilines is 1. The fourth-order valence-corrected chi connectivity index (χ4v) is 2.02. The Morgan fingerprint density at radius 3 is 2.92 bits per heavy atom. The minimum atomic E-state index is 0.617. The van der Waals surface area contributed by atoms with Crippen LogP contribution in [-0.4, -0.2) is 13.1 Å². The van der Waals surface area contributed by atoms with Gasteiger partial charge in [-0.2, -0.15) is 0 Å². The van der Waals surface area contributed by atoms with E-state index in [1.807, 2.05) is 12.1 Å². The largest absolute Gasteiger partial charge is 0.377 e. The highest BCUT2D eigenvalue weighted by Gasteiger charge is 2.01. The normalized spacial score (nSPS) is 12.8. The molecule has 1 heterocycles. The molecule has 13 heavy (non-hydrogen) atoms. The number of nitrogens with two attached hydrogens (primary N) is 1. The number of hydrogen-bond donors (Lipinski definition) is 2.